The lowest BCUT2D eigenvalue weighted by Crippen LogP contribution is -2.60. The van der Waals surface area contributed by atoms with Crippen LogP contribution in [0.3, 0.4) is 0 Å². The number of likely N-dealkylation sites (tertiary alicyclic amines) is 1. The number of likely N-dealkylation sites (N-methyl/N-ethyl adjacent to an activating group) is 6. The van der Waals surface area contributed by atoms with Gasteiger partial charge in [0.15, 0.2) is 5.78 Å². The van der Waals surface area contributed by atoms with Gasteiger partial charge in [-0.2, -0.15) is 0 Å². The van der Waals surface area contributed by atoms with Gasteiger partial charge >= 0.3 is 0 Å². The molecule has 20 heteroatoms. The molecule has 2 fully saturated rings. The van der Waals surface area contributed by atoms with Crippen molar-refractivity contribution in [3.05, 3.63) is 35.9 Å². The van der Waals surface area contributed by atoms with Crippen LogP contribution >= 0.6 is 0 Å². The summed E-state index contributed by atoms with van der Waals surface area (Å²) in [7, 11) is 9.06. The Morgan fingerprint density at radius 1 is 0.696 bits per heavy atom. The number of aliphatic hydroxyl groups excluding tert-OH is 1. The van der Waals surface area contributed by atoms with Crippen molar-refractivity contribution in [1.82, 2.24) is 44.9 Å². The minimum Gasteiger partial charge on any atom is -0.391 e. The molecule has 0 bridgehead atoms. The molecule has 0 aromatic heterocycles. The van der Waals surface area contributed by atoms with Crippen LogP contribution in [0.5, 0.6) is 0 Å². The van der Waals surface area contributed by atoms with Crippen LogP contribution in [-0.4, -0.2) is 222 Å². The van der Waals surface area contributed by atoms with Crippen LogP contribution in [0, 0.1) is 23.7 Å². The number of nitrogens with zero attached hydrogens (tertiary/aromatic N) is 7. The van der Waals surface area contributed by atoms with Gasteiger partial charge in [-0.15, -0.1) is 0 Å². The summed E-state index contributed by atoms with van der Waals surface area (Å²) in [4.78, 5) is 142. The quantitative estimate of drug-likeness (QED) is 0.273. The fourth-order valence-electron chi connectivity index (χ4n) is 10.4. The van der Waals surface area contributed by atoms with Crippen molar-refractivity contribution in [2.24, 2.45) is 23.7 Å². The van der Waals surface area contributed by atoms with Gasteiger partial charge in [-0.25, -0.2) is 0 Å². The zero-order valence-electron chi connectivity index (χ0n) is 50.9. The molecule has 20 nitrogen and oxygen atoms in total. The van der Waals surface area contributed by atoms with Crippen molar-refractivity contribution in [1.29, 1.82) is 0 Å². The van der Waals surface area contributed by atoms with Crippen molar-refractivity contribution in [3.63, 3.8) is 0 Å². The van der Waals surface area contributed by atoms with E-state index in [-0.39, 0.29) is 63.1 Å². The van der Waals surface area contributed by atoms with Gasteiger partial charge in [0.2, 0.25) is 47.3 Å². The molecule has 3 N–H and O–H groups in total. The lowest BCUT2D eigenvalue weighted by Gasteiger charge is -2.39. The summed E-state index contributed by atoms with van der Waals surface area (Å²) >= 11 is 0. The van der Waals surface area contributed by atoms with Gasteiger partial charge in [-0.05, 0) is 97.1 Å². The standard InChI is InChI=1S/C59H99N9O11/c1-18-39(6)52-49(70)32-43(55(75)68-27-23-20-24-28-68)33-51(72)63(13)40(7)54(74)65(15)48(31-42-25-21-19-22-26-42)57(77)64(14)46(29-37(2)3)53(73)61-44(41(8)69)34-62(12)35-50(71)60-45(36-79-59(9,10)11)56(76)66(16)47(30-38(4)5)58(78)67(52)17/h19,21-22,25-26,37-41,43-48,52,69H,18,20,23-24,27-36H2,1-17H3,(H,60,71)(H,61,73)/t39-,40+,41+,43-,44+,45-,46-,47-,48-,52-/m0/s1. The molecule has 0 radical (unpaired) electrons. The first-order valence-electron chi connectivity index (χ1n) is 28.6. The first-order chi connectivity index (χ1) is 36.8. The topological polar surface area (TPSA) is 230 Å². The number of hydrogen-bond donors (Lipinski definition) is 3. The number of nitrogens with one attached hydrogen (secondary N) is 2. The molecule has 2 saturated heterocycles. The Balaban J connectivity index is 2.29. The zero-order chi connectivity index (χ0) is 59.8. The van der Waals surface area contributed by atoms with E-state index in [0.717, 1.165) is 24.8 Å². The lowest BCUT2D eigenvalue weighted by atomic mass is 9.86. The maximum absolute atomic E-state index is 15.1. The van der Waals surface area contributed by atoms with Crippen LogP contribution in [-0.2, 0) is 54.3 Å². The highest BCUT2D eigenvalue weighted by molar-refractivity contribution is 5.98. The SMILES string of the molecule is CC[C@H](C)[C@H]1C(=O)C[C@H](C(=O)N2CCCCC2)CC(=O)N(C)[C@H](C)C(=O)N(C)[C@@H](Cc2ccccc2)C(=O)N(C)[C@@H](CC(C)C)C(=O)N[C@@H]([C@@H](C)O)CN(C)CC(=O)N[C@@H](COC(C)(C)C)C(=O)N(C)[C@@H](CC(C)C)C(=O)N1C. The monoisotopic (exact) mass is 1110 g/mol. The highest BCUT2D eigenvalue weighted by Crippen LogP contribution is 2.27. The third-order valence-corrected chi connectivity index (χ3v) is 15.6. The number of rotatable bonds is 12. The summed E-state index contributed by atoms with van der Waals surface area (Å²) in [6.07, 6.45) is 1.42. The first-order valence-corrected chi connectivity index (χ1v) is 28.6. The van der Waals surface area contributed by atoms with Crippen LogP contribution in [0.25, 0.3) is 0 Å². The van der Waals surface area contributed by atoms with E-state index in [2.05, 4.69) is 10.6 Å². The highest BCUT2D eigenvalue weighted by atomic mass is 16.5. The Morgan fingerprint density at radius 2 is 1.24 bits per heavy atom. The number of carbonyl (C=O) groups excluding carboxylic acids is 9. The average molecular weight is 1110 g/mol. The Labute approximate surface area is 472 Å². The predicted molar refractivity (Wildman–Crippen MR) is 304 cm³/mol. The van der Waals surface area contributed by atoms with E-state index in [4.69, 9.17) is 4.74 Å². The third kappa shape index (κ3) is 19.9. The molecule has 79 heavy (non-hydrogen) atoms. The largest absolute Gasteiger partial charge is 0.391 e. The molecule has 0 aliphatic carbocycles. The molecular formula is C59H99N9O11. The van der Waals surface area contributed by atoms with E-state index in [1.807, 2.05) is 71.9 Å². The second-order valence-electron chi connectivity index (χ2n) is 24.4. The van der Waals surface area contributed by atoms with Gasteiger partial charge in [0.25, 0.3) is 0 Å². The fraction of sp³-hybridized carbons (Fsp3) is 0.746. The minimum atomic E-state index is -1.27. The molecule has 2 aliphatic rings. The van der Waals surface area contributed by atoms with Crippen molar-refractivity contribution >= 4 is 53.0 Å². The molecule has 3 rings (SSSR count). The van der Waals surface area contributed by atoms with E-state index in [1.165, 1.54) is 73.6 Å². The fourth-order valence-corrected chi connectivity index (χ4v) is 10.4. The summed E-state index contributed by atoms with van der Waals surface area (Å²) < 4.78 is 6.09. The molecule has 1 aromatic carbocycles. The Hall–Kier alpha value is -5.47. The van der Waals surface area contributed by atoms with E-state index in [1.54, 1.807) is 37.6 Å². The molecule has 10 atom stereocenters. The number of Topliss-reactive ketones (excluding diaryl/α,β-unsaturated/α-hetero) is 1. The number of amides is 8. The number of benzene rings is 1. The Morgan fingerprint density at radius 3 is 1.78 bits per heavy atom. The maximum Gasteiger partial charge on any atom is 0.247 e. The summed E-state index contributed by atoms with van der Waals surface area (Å²) in [5.41, 5.74) is -0.00160. The van der Waals surface area contributed by atoms with Crippen molar-refractivity contribution in [3.8, 4) is 0 Å². The number of ether oxygens (including phenoxy) is 1. The number of piperidine rings is 1. The van der Waals surface area contributed by atoms with E-state index in [9.17, 15) is 33.9 Å². The van der Waals surface area contributed by atoms with Crippen LogP contribution in [0.1, 0.15) is 133 Å². The predicted octanol–water partition coefficient (Wildman–Crippen LogP) is 3.61. The van der Waals surface area contributed by atoms with Crippen molar-refractivity contribution < 1.29 is 53.0 Å². The Kier molecular flexibility index (Phi) is 26.5. The van der Waals surface area contributed by atoms with Crippen molar-refractivity contribution in [2.45, 2.75) is 188 Å². The smallest absolute Gasteiger partial charge is 0.247 e. The van der Waals surface area contributed by atoms with Gasteiger partial charge in [0.1, 0.15) is 30.2 Å². The number of hydrogen-bond acceptors (Lipinski definition) is 12. The second kappa shape index (κ2) is 30.9. The molecule has 1 aromatic rings. The summed E-state index contributed by atoms with van der Waals surface area (Å²) in [6.45, 7) is 20.1. The normalized spacial score (nSPS) is 26.6. The van der Waals surface area contributed by atoms with Crippen molar-refractivity contribution in [2.75, 3.05) is 75.1 Å². The summed E-state index contributed by atoms with van der Waals surface area (Å²) in [6, 6.07) is 1.33. The third-order valence-electron chi connectivity index (χ3n) is 15.6. The molecule has 2 heterocycles. The van der Waals surface area contributed by atoms with Gasteiger partial charge in [0, 0.05) is 74.1 Å². The van der Waals surface area contributed by atoms with Gasteiger partial charge < -0.3 is 49.9 Å². The molecular weight excluding hydrogens is 1010 g/mol. The highest BCUT2D eigenvalue weighted by Gasteiger charge is 2.43. The molecule has 0 unspecified atom stereocenters. The van der Waals surface area contributed by atoms with Gasteiger partial charge in [-0.3, -0.25) is 48.1 Å². The number of carbonyl (C=O) groups is 9. The second-order valence-corrected chi connectivity index (χ2v) is 24.4. The number of ketones is 1. The molecule has 8 amide bonds. The van der Waals surface area contributed by atoms with E-state index in [0.29, 0.717) is 19.5 Å². The minimum absolute atomic E-state index is 0.0293. The van der Waals surface area contributed by atoms with Crippen LogP contribution in [0.15, 0.2) is 30.3 Å². The molecule has 446 valence electrons. The molecule has 0 spiro atoms. The van der Waals surface area contributed by atoms with E-state index < -0.39 is 119 Å². The van der Waals surface area contributed by atoms with Crippen LogP contribution in [0.2, 0.25) is 0 Å². The zero-order valence-corrected chi connectivity index (χ0v) is 50.9. The van der Waals surface area contributed by atoms with Crippen LogP contribution in [0.4, 0.5) is 0 Å². The first kappa shape index (κ1) is 67.8. The van der Waals surface area contributed by atoms with E-state index >= 15 is 14.4 Å². The molecule has 2 aliphatic heterocycles. The summed E-state index contributed by atoms with van der Waals surface area (Å²) in [5.74, 6) is -6.61. The molecule has 0 saturated carbocycles. The van der Waals surface area contributed by atoms with Gasteiger partial charge in [0.05, 0.1) is 42.9 Å². The summed E-state index contributed by atoms with van der Waals surface area (Å²) in [5, 5.41) is 16.9. The maximum atomic E-state index is 15.1. The lowest BCUT2D eigenvalue weighted by molar-refractivity contribution is -0.153. The Bertz CT molecular complexity index is 2210. The number of aliphatic hydroxyl groups is 1. The average Bonchev–Trinajstić information content (AvgIpc) is 3.41. The van der Waals surface area contributed by atoms with Gasteiger partial charge in [-0.1, -0.05) is 78.3 Å². The van der Waals surface area contributed by atoms with Crippen LogP contribution < -0.4 is 10.6 Å².